The first-order valence-electron chi connectivity index (χ1n) is 10.6. The van der Waals surface area contributed by atoms with Gasteiger partial charge in [-0.15, -0.1) is 11.8 Å². The topological polar surface area (TPSA) is 76.2 Å². The number of hydrogen-bond donors (Lipinski definition) is 0. The zero-order valence-corrected chi connectivity index (χ0v) is 19.9. The molecule has 0 aromatic heterocycles. The maximum Gasteiger partial charge on any atom is 0.265 e. The molecule has 4 rings (SSSR count). The Kier molecular flexibility index (Phi) is 6.88. The molecule has 0 radical (unpaired) electrons. The average Bonchev–Trinajstić information content (AvgIpc) is 3.25. The van der Waals surface area contributed by atoms with Crippen molar-refractivity contribution in [2.75, 3.05) is 29.8 Å². The number of anilines is 2. The quantitative estimate of drug-likeness (QED) is 0.514. The van der Waals surface area contributed by atoms with E-state index >= 15 is 0 Å². The number of thioether (sulfide) groups is 1. The summed E-state index contributed by atoms with van der Waals surface area (Å²) in [5.41, 5.74) is 2.40. The molecule has 0 spiro atoms. The standard InChI is InChI=1S/C26H24N2O5S/c1-17(29)27(20-7-5-4-6-8-20)25(31)18-9-11-19(12-10-18)26-28(24(30)16-34-26)22-14-13-21(32-2)15-23(22)33-3/h4-15,26H,16H2,1-3H3. The lowest BCUT2D eigenvalue weighted by Gasteiger charge is -2.26. The van der Waals surface area contributed by atoms with Crippen LogP contribution in [0.1, 0.15) is 28.2 Å². The number of methoxy groups -OCH3 is 2. The summed E-state index contributed by atoms with van der Waals surface area (Å²) >= 11 is 1.50. The van der Waals surface area contributed by atoms with Crippen molar-refractivity contribution >= 4 is 40.9 Å². The van der Waals surface area contributed by atoms with Gasteiger partial charge in [-0.25, -0.2) is 4.90 Å². The van der Waals surface area contributed by atoms with Gasteiger partial charge in [-0.3, -0.25) is 19.3 Å². The van der Waals surface area contributed by atoms with Crippen LogP contribution in [0.25, 0.3) is 0 Å². The third-order valence-corrected chi connectivity index (χ3v) is 6.70. The normalized spacial score (nSPS) is 15.2. The number of benzene rings is 3. The van der Waals surface area contributed by atoms with Crippen LogP contribution in [0.5, 0.6) is 11.5 Å². The fourth-order valence-electron chi connectivity index (χ4n) is 3.85. The maximum atomic E-state index is 13.1. The van der Waals surface area contributed by atoms with E-state index in [0.29, 0.717) is 34.2 Å². The zero-order valence-electron chi connectivity index (χ0n) is 19.1. The Labute approximate surface area is 202 Å². The molecular weight excluding hydrogens is 452 g/mol. The molecule has 0 aliphatic carbocycles. The minimum absolute atomic E-state index is 0.0366. The fourth-order valence-corrected chi connectivity index (χ4v) is 5.02. The van der Waals surface area contributed by atoms with Gasteiger partial charge in [0.1, 0.15) is 16.9 Å². The summed E-state index contributed by atoms with van der Waals surface area (Å²) in [6.45, 7) is 1.36. The Morgan fingerprint density at radius 1 is 0.971 bits per heavy atom. The van der Waals surface area contributed by atoms with Gasteiger partial charge in [0.25, 0.3) is 5.91 Å². The second kappa shape index (κ2) is 10.0. The van der Waals surface area contributed by atoms with Crippen LogP contribution in [-0.2, 0) is 9.59 Å². The number of rotatable bonds is 6. The van der Waals surface area contributed by atoms with Crippen LogP contribution >= 0.6 is 11.8 Å². The van der Waals surface area contributed by atoms with Gasteiger partial charge in [0.05, 0.1) is 31.3 Å². The van der Waals surface area contributed by atoms with Crippen LogP contribution in [0.2, 0.25) is 0 Å². The molecule has 8 heteroatoms. The van der Waals surface area contributed by atoms with Gasteiger partial charge in [-0.05, 0) is 42.0 Å². The highest BCUT2D eigenvalue weighted by Crippen LogP contribution is 2.45. The molecule has 34 heavy (non-hydrogen) atoms. The summed E-state index contributed by atoms with van der Waals surface area (Å²) in [4.78, 5) is 41.0. The van der Waals surface area contributed by atoms with E-state index in [1.807, 2.05) is 18.2 Å². The minimum Gasteiger partial charge on any atom is -0.497 e. The molecule has 1 aliphatic rings. The van der Waals surface area contributed by atoms with Crippen molar-refractivity contribution in [3.05, 3.63) is 83.9 Å². The molecule has 0 saturated carbocycles. The highest BCUT2D eigenvalue weighted by Gasteiger charge is 2.36. The van der Waals surface area contributed by atoms with Gasteiger partial charge < -0.3 is 9.47 Å². The highest BCUT2D eigenvalue weighted by atomic mass is 32.2. The molecule has 0 bridgehead atoms. The Hall–Kier alpha value is -3.78. The first-order valence-corrected chi connectivity index (χ1v) is 11.6. The first-order chi connectivity index (χ1) is 16.4. The van der Waals surface area contributed by atoms with Crippen LogP contribution in [0, 0.1) is 0 Å². The number of amides is 3. The van der Waals surface area contributed by atoms with E-state index in [0.717, 1.165) is 10.5 Å². The second-order valence-electron chi connectivity index (χ2n) is 7.58. The van der Waals surface area contributed by atoms with Crippen molar-refractivity contribution in [1.82, 2.24) is 0 Å². The second-order valence-corrected chi connectivity index (χ2v) is 8.65. The predicted molar refractivity (Wildman–Crippen MR) is 133 cm³/mol. The Morgan fingerprint density at radius 3 is 2.29 bits per heavy atom. The summed E-state index contributed by atoms with van der Waals surface area (Å²) in [5, 5.41) is -0.281. The van der Waals surface area contributed by atoms with Gasteiger partial charge in [0.2, 0.25) is 11.8 Å². The van der Waals surface area contributed by atoms with Crippen LogP contribution < -0.4 is 19.3 Å². The lowest BCUT2D eigenvalue weighted by molar-refractivity contribution is -0.116. The Balaban J connectivity index is 1.63. The first kappa shape index (κ1) is 23.4. The van der Waals surface area contributed by atoms with E-state index in [4.69, 9.17) is 9.47 Å². The molecule has 0 N–H and O–H groups in total. The molecule has 1 heterocycles. The van der Waals surface area contributed by atoms with Gasteiger partial charge >= 0.3 is 0 Å². The average molecular weight is 477 g/mol. The molecule has 1 fully saturated rings. The number of carbonyl (C=O) groups is 3. The Bertz CT molecular complexity index is 1210. The van der Waals surface area contributed by atoms with E-state index in [1.54, 1.807) is 73.7 Å². The van der Waals surface area contributed by atoms with Crippen molar-refractivity contribution in [1.29, 1.82) is 0 Å². The lowest BCUT2D eigenvalue weighted by atomic mass is 10.1. The van der Waals surface area contributed by atoms with Crippen molar-refractivity contribution in [2.24, 2.45) is 0 Å². The van der Waals surface area contributed by atoms with Gasteiger partial charge in [0, 0.05) is 18.6 Å². The molecule has 7 nitrogen and oxygen atoms in total. The summed E-state index contributed by atoms with van der Waals surface area (Å²) in [5.74, 6) is 0.682. The van der Waals surface area contributed by atoms with Gasteiger partial charge in [0.15, 0.2) is 0 Å². The molecular formula is C26H24N2O5S. The third kappa shape index (κ3) is 4.49. The number of imide groups is 1. The molecule has 174 valence electrons. The van der Waals surface area contributed by atoms with Gasteiger partial charge in [-0.2, -0.15) is 0 Å². The zero-order chi connectivity index (χ0) is 24.2. The minimum atomic E-state index is -0.408. The number of hydrogen-bond acceptors (Lipinski definition) is 6. The summed E-state index contributed by atoms with van der Waals surface area (Å²) in [6.07, 6.45) is 0. The summed E-state index contributed by atoms with van der Waals surface area (Å²) in [6, 6.07) is 21.1. The van der Waals surface area contributed by atoms with Crippen LogP contribution in [0.4, 0.5) is 11.4 Å². The van der Waals surface area contributed by atoms with Crippen molar-refractivity contribution < 1.29 is 23.9 Å². The van der Waals surface area contributed by atoms with E-state index < -0.39 is 5.91 Å². The van der Waals surface area contributed by atoms with Gasteiger partial charge in [-0.1, -0.05) is 30.3 Å². The van der Waals surface area contributed by atoms with Crippen LogP contribution in [0.15, 0.2) is 72.8 Å². The molecule has 3 amide bonds. The number of carbonyl (C=O) groups excluding carboxylic acids is 3. The summed E-state index contributed by atoms with van der Waals surface area (Å²) in [7, 11) is 3.12. The molecule has 1 saturated heterocycles. The monoisotopic (exact) mass is 476 g/mol. The fraction of sp³-hybridized carbons (Fsp3) is 0.192. The summed E-state index contributed by atoms with van der Waals surface area (Å²) < 4.78 is 10.8. The smallest absolute Gasteiger partial charge is 0.265 e. The molecule has 1 aliphatic heterocycles. The maximum absolute atomic E-state index is 13.1. The van der Waals surface area contributed by atoms with Crippen LogP contribution in [0.3, 0.4) is 0 Å². The lowest BCUT2D eigenvalue weighted by Crippen LogP contribution is -2.35. The number of ether oxygens (including phenoxy) is 2. The van der Waals surface area contributed by atoms with Crippen LogP contribution in [-0.4, -0.2) is 37.7 Å². The largest absolute Gasteiger partial charge is 0.497 e. The van der Waals surface area contributed by atoms with E-state index in [1.165, 1.54) is 18.7 Å². The Morgan fingerprint density at radius 2 is 1.68 bits per heavy atom. The van der Waals surface area contributed by atoms with Crippen molar-refractivity contribution in [3.63, 3.8) is 0 Å². The van der Waals surface area contributed by atoms with Crippen molar-refractivity contribution in [3.8, 4) is 11.5 Å². The number of para-hydroxylation sites is 1. The molecule has 3 aromatic rings. The number of nitrogens with zero attached hydrogens (tertiary/aromatic N) is 2. The molecule has 1 atom stereocenters. The SMILES string of the molecule is COc1ccc(N2C(=O)CSC2c2ccc(C(=O)N(C(C)=O)c3ccccc3)cc2)c(OC)c1. The molecule has 3 aromatic carbocycles. The predicted octanol–water partition coefficient (Wildman–Crippen LogP) is 4.68. The van der Waals surface area contributed by atoms with E-state index in [2.05, 4.69) is 0 Å². The van der Waals surface area contributed by atoms with E-state index in [9.17, 15) is 14.4 Å². The third-order valence-electron chi connectivity index (χ3n) is 5.49. The van der Waals surface area contributed by atoms with Crippen molar-refractivity contribution in [2.45, 2.75) is 12.3 Å². The highest BCUT2D eigenvalue weighted by molar-refractivity contribution is 8.00. The molecule has 1 unspecified atom stereocenters. The van der Waals surface area contributed by atoms with E-state index in [-0.39, 0.29) is 17.2 Å².